The summed E-state index contributed by atoms with van der Waals surface area (Å²) in [4.78, 5) is 0. The predicted molar refractivity (Wildman–Crippen MR) is 69.3 cm³/mol. The molecule has 1 atom stereocenters. The summed E-state index contributed by atoms with van der Waals surface area (Å²) in [6.07, 6.45) is 5.02. The molecule has 2 N–H and O–H groups in total. The number of nitrogens with one attached hydrogen (secondary N) is 2. The van der Waals surface area contributed by atoms with E-state index < -0.39 is 10.0 Å². The normalized spacial score (nSPS) is 24.6. The molecule has 0 radical (unpaired) electrons. The zero-order valence-electron chi connectivity index (χ0n) is 10.8. The average molecular weight is 260 g/mol. The average Bonchev–Trinajstić information content (AvgIpc) is 3.15. The van der Waals surface area contributed by atoms with Crippen LogP contribution in [0.4, 0.5) is 0 Å². The van der Waals surface area contributed by atoms with E-state index >= 15 is 0 Å². The van der Waals surface area contributed by atoms with Gasteiger partial charge in [-0.15, -0.1) is 0 Å². The van der Waals surface area contributed by atoms with Crippen LogP contribution in [-0.2, 0) is 10.0 Å². The molecule has 0 amide bonds. The highest BCUT2D eigenvalue weighted by Crippen LogP contribution is 2.60. The van der Waals surface area contributed by atoms with E-state index in [0.717, 1.165) is 12.5 Å². The summed E-state index contributed by atoms with van der Waals surface area (Å²) in [7, 11) is -3.14. The van der Waals surface area contributed by atoms with E-state index in [-0.39, 0.29) is 5.25 Å². The molecule has 2 aliphatic carbocycles. The van der Waals surface area contributed by atoms with Crippen molar-refractivity contribution in [3.63, 3.8) is 0 Å². The maximum atomic E-state index is 12.0. The molecule has 5 heteroatoms. The number of hydrogen-bond donors (Lipinski definition) is 2. The van der Waals surface area contributed by atoms with Crippen molar-refractivity contribution in [1.29, 1.82) is 0 Å². The topological polar surface area (TPSA) is 58.2 Å². The van der Waals surface area contributed by atoms with Gasteiger partial charge in [-0.2, -0.15) is 0 Å². The van der Waals surface area contributed by atoms with E-state index in [2.05, 4.69) is 10.0 Å². The van der Waals surface area contributed by atoms with Gasteiger partial charge >= 0.3 is 0 Å². The third-order valence-electron chi connectivity index (χ3n) is 4.17. The Morgan fingerprint density at radius 1 is 1.35 bits per heavy atom. The van der Waals surface area contributed by atoms with Crippen LogP contribution in [-0.4, -0.2) is 33.3 Å². The fourth-order valence-corrected chi connectivity index (χ4v) is 3.54. The highest BCUT2D eigenvalue weighted by atomic mass is 32.2. The Bertz CT molecular complexity index is 359. The lowest BCUT2D eigenvalue weighted by atomic mass is 10.0. The molecular weight excluding hydrogens is 236 g/mol. The third kappa shape index (κ3) is 3.20. The van der Waals surface area contributed by atoms with Gasteiger partial charge in [-0.25, -0.2) is 13.1 Å². The van der Waals surface area contributed by atoms with Crippen molar-refractivity contribution in [2.24, 2.45) is 11.3 Å². The van der Waals surface area contributed by atoms with Crippen LogP contribution in [0.1, 0.15) is 39.5 Å². The summed E-state index contributed by atoms with van der Waals surface area (Å²) in [6.45, 7) is 5.76. The molecular formula is C12H24N2O2S. The van der Waals surface area contributed by atoms with Gasteiger partial charge in [-0.1, -0.05) is 6.92 Å². The molecule has 0 aromatic heterocycles. The zero-order valence-corrected chi connectivity index (χ0v) is 11.6. The number of rotatable bonds is 8. The molecule has 4 nitrogen and oxygen atoms in total. The summed E-state index contributed by atoms with van der Waals surface area (Å²) in [5.41, 5.74) is 0.338. The van der Waals surface area contributed by atoms with Gasteiger partial charge in [0.2, 0.25) is 10.0 Å². The standard InChI is InChI=1S/C12H24N2O2S/c1-3-13-8-10(2)17(15,16)14-9-12(6-7-12)11-4-5-11/h10-11,13-14H,3-9H2,1-2H3. The molecule has 2 saturated carbocycles. The second-order valence-electron chi connectivity index (χ2n) is 5.62. The Labute approximate surface area is 105 Å². The van der Waals surface area contributed by atoms with E-state index in [1.807, 2.05) is 6.92 Å². The Hall–Kier alpha value is -0.130. The van der Waals surface area contributed by atoms with Crippen LogP contribution >= 0.6 is 0 Å². The Balaban J connectivity index is 1.80. The predicted octanol–water partition coefficient (Wildman–Crippen LogP) is 1.09. The van der Waals surface area contributed by atoms with Gasteiger partial charge in [0.1, 0.15) is 0 Å². The zero-order chi connectivity index (χ0) is 12.5. The summed E-state index contributed by atoms with van der Waals surface area (Å²) in [5.74, 6) is 0.800. The van der Waals surface area contributed by atoms with Crippen molar-refractivity contribution in [1.82, 2.24) is 10.0 Å². The highest BCUT2D eigenvalue weighted by molar-refractivity contribution is 7.90. The smallest absolute Gasteiger partial charge is 0.215 e. The van der Waals surface area contributed by atoms with E-state index in [4.69, 9.17) is 0 Å². The summed E-state index contributed by atoms with van der Waals surface area (Å²) in [6, 6.07) is 0. The second-order valence-corrected chi connectivity index (χ2v) is 7.80. The monoisotopic (exact) mass is 260 g/mol. The van der Waals surface area contributed by atoms with E-state index in [0.29, 0.717) is 18.5 Å². The molecule has 0 aromatic rings. The number of hydrogen-bond acceptors (Lipinski definition) is 3. The maximum Gasteiger partial charge on any atom is 0.215 e. The van der Waals surface area contributed by atoms with Gasteiger partial charge in [0.05, 0.1) is 5.25 Å². The lowest BCUT2D eigenvalue weighted by molar-refractivity contribution is 0.430. The molecule has 2 aliphatic rings. The van der Waals surface area contributed by atoms with Crippen LogP contribution in [0.3, 0.4) is 0 Å². The Kier molecular flexibility index (Phi) is 3.80. The molecule has 17 heavy (non-hydrogen) atoms. The first-order chi connectivity index (χ1) is 8.00. The lowest BCUT2D eigenvalue weighted by Gasteiger charge is -2.18. The molecule has 0 saturated heterocycles. The SMILES string of the molecule is CCNCC(C)S(=O)(=O)NCC1(C2CC2)CC1. The van der Waals surface area contributed by atoms with E-state index in [1.54, 1.807) is 6.92 Å². The molecule has 0 bridgehead atoms. The largest absolute Gasteiger partial charge is 0.316 e. The van der Waals surface area contributed by atoms with Crippen LogP contribution in [0.5, 0.6) is 0 Å². The minimum absolute atomic E-state index is 0.338. The van der Waals surface area contributed by atoms with Crippen molar-refractivity contribution in [3.05, 3.63) is 0 Å². The summed E-state index contributed by atoms with van der Waals surface area (Å²) < 4.78 is 26.8. The van der Waals surface area contributed by atoms with Crippen LogP contribution in [0.2, 0.25) is 0 Å². The first-order valence-electron chi connectivity index (χ1n) is 6.69. The van der Waals surface area contributed by atoms with Crippen molar-refractivity contribution in [2.45, 2.75) is 44.8 Å². The summed E-state index contributed by atoms with van der Waals surface area (Å²) >= 11 is 0. The lowest BCUT2D eigenvalue weighted by Crippen LogP contribution is -2.41. The molecule has 1 unspecified atom stereocenters. The van der Waals surface area contributed by atoms with Crippen molar-refractivity contribution in [2.75, 3.05) is 19.6 Å². The van der Waals surface area contributed by atoms with Gasteiger partial charge in [-0.05, 0) is 50.5 Å². The van der Waals surface area contributed by atoms with Crippen LogP contribution in [0.15, 0.2) is 0 Å². The first kappa shape index (κ1) is 13.3. The molecule has 0 heterocycles. The summed E-state index contributed by atoms with van der Waals surface area (Å²) in [5, 5.41) is 2.73. The maximum absolute atomic E-state index is 12.0. The molecule has 2 rings (SSSR count). The van der Waals surface area contributed by atoms with Crippen LogP contribution in [0, 0.1) is 11.3 Å². The molecule has 100 valence electrons. The second kappa shape index (κ2) is 4.86. The minimum Gasteiger partial charge on any atom is -0.316 e. The Morgan fingerprint density at radius 3 is 2.47 bits per heavy atom. The van der Waals surface area contributed by atoms with Crippen LogP contribution < -0.4 is 10.0 Å². The number of sulfonamides is 1. The van der Waals surface area contributed by atoms with Gasteiger partial charge in [0.25, 0.3) is 0 Å². The molecule has 2 fully saturated rings. The van der Waals surface area contributed by atoms with Crippen molar-refractivity contribution < 1.29 is 8.42 Å². The van der Waals surface area contributed by atoms with E-state index in [9.17, 15) is 8.42 Å². The highest BCUT2D eigenvalue weighted by Gasteiger charge is 2.53. The fraction of sp³-hybridized carbons (Fsp3) is 1.00. The van der Waals surface area contributed by atoms with Gasteiger partial charge in [0.15, 0.2) is 0 Å². The van der Waals surface area contributed by atoms with Crippen molar-refractivity contribution >= 4 is 10.0 Å². The van der Waals surface area contributed by atoms with Gasteiger partial charge < -0.3 is 5.32 Å². The van der Waals surface area contributed by atoms with Crippen molar-refractivity contribution in [3.8, 4) is 0 Å². The fourth-order valence-electron chi connectivity index (χ4n) is 2.43. The van der Waals surface area contributed by atoms with Gasteiger partial charge in [0, 0.05) is 13.1 Å². The molecule has 0 aromatic carbocycles. The Morgan fingerprint density at radius 2 is 2.00 bits per heavy atom. The molecule has 0 spiro atoms. The first-order valence-corrected chi connectivity index (χ1v) is 8.24. The molecule has 0 aliphatic heterocycles. The quantitative estimate of drug-likeness (QED) is 0.687. The van der Waals surface area contributed by atoms with E-state index in [1.165, 1.54) is 25.7 Å². The van der Waals surface area contributed by atoms with Crippen LogP contribution in [0.25, 0.3) is 0 Å². The minimum atomic E-state index is -3.14. The van der Waals surface area contributed by atoms with Gasteiger partial charge in [-0.3, -0.25) is 0 Å². The third-order valence-corrected chi connectivity index (χ3v) is 5.95.